The third kappa shape index (κ3) is 4.23. The molecule has 1 saturated heterocycles. The molecule has 2 aromatic rings. The van der Waals surface area contributed by atoms with E-state index in [0.717, 1.165) is 16.3 Å². The molecule has 0 aliphatic carbocycles. The topological polar surface area (TPSA) is 104 Å². The number of aryl methyl sites for hydroxylation is 1. The highest BCUT2D eigenvalue weighted by Gasteiger charge is 2.29. The van der Waals surface area contributed by atoms with Gasteiger partial charge in [-0.1, -0.05) is 0 Å². The zero-order valence-electron chi connectivity index (χ0n) is 18.0. The molecule has 0 spiro atoms. The van der Waals surface area contributed by atoms with Crippen LogP contribution in [-0.4, -0.2) is 59.4 Å². The molecule has 0 bridgehead atoms. The van der Waals surface area contributed by atoms with Crippen molar-refractivity contribution < 1.29 is 33.4 Å². The number of Topliss-reactive ketones (excluding diaryl/α,β-unsaturated/α-hetero) is 1. The number of ether oxygens (including phenoxy) is 3. The molecule has 3 heterocycles. The van der Waals surface area contributed by atoms with Crippen molar-refractivity contribution in [3.63, 3.8) is 0 Å². The van der Waals surface area contributed by atoms with Gasteiger partial charge in [0.15, 0.2) is 18.1 Å². The van der Waals surface area contributed by atoms with Crippen LogP contribution in [0.4, 0.5) is 0 Å². The van der Waals surface area contributed by atoms with Crippen LogP contribution in [0.1, 0.15) is 41.0 Å². The number of hydrogen-bond acceptors (Lipinski definition) is 7. The molecule has 9 heteroatoms. The predicted octanol–water partition coefficient (Wildman–Crippen LogP) is 2.13. The van der Waals surface area contributed by atoms with E-state index in [1.165, 1.54) is 0 Å². The highest BCUT2D eigenvalue weighted by atomic mass is 16.6. The summed E-state index contributed by atoms with van der Waals surface area (Å²) in [6.07, 6.45) is 0.206. The Kier molecular flexibility index (Phi) is 5.98. The predicted molar refractivity (Wildman–Crippen MR) is 112 cm³/mol. The summed E-state index contributed by atoms with van der Waals surface area (Å²) in [5.74, 6) is -0.202. The maximum Gasteiger partial charge on any atom is 0.308 e. The van der Waals surface area contributed by atoms with Gasteiger partial charge in [-0.05, 0) is 32.0 Å². The van der Waals surface area contributed by atoms with E-state index in [1.807, 2.05) is 36.6 Å². The normalized spacial score (nSPS) is 15.2. The first-order valence-corrected chi connectivity index (χ1v) is 10.5. The first-order valence-electron chi connectivity index (χ1n) is 10.5. The number of fused-ring (bicyclic) bond motifs is 1. The Bertz CT molecular complexity index is 1090. The summed E-state index contributed by atoms with van der Waals surface area (Å²) >= 11 is 0. The van der Waals surface area contributed by atoms with E-state index in [2.05, 4.69) is 0 Å². The smallest absolute Gasteiger partial charge is 0.308 e. The number of benzene rings is 1. The third-order valence-corrected chi connectivity index (χ3v) is 5.57. The third-order valence-electron chi connectivity index (χ3n) is 5.57. The highest BCUT2D eigenvalue weighted by molar-refractivity contribution is 6.02. The molecule has 0 saturated carbocycles. The number of rotatable bonds is 7. The molecule has 2 amide bonds. The van der Waals surface area contributed by atoms with Crippen molar-refractivity contribution in [3.05, 3.63) is 41.2 Å². The number of esters is 1. The van der Waals surface area contributed by atoms with Crippen LogP contribution in [-0.2, 0) is 19.1 Å². The molecule has 9 nitrogen and oxygen atoms in total. The zero-order valence-corrected chi connectivity index (χ0v) is 18.0. The number of carbonyl (C=O) groups is 4. The van der Waals surface area contributed by atoms with E-state index < -0.39 is 12.6 Å². The maximum atomic E-state index is 12.7. The van der Waals surface area contributed by atoms with Crippen molar-refractivity contribution in [2.45, 2.75) is 33.1 Å². The molecule has 0 atom stereocenters. The Balaban J connectivity index is 1.40. The molecule has 2 aliphatic heterocycles. The lowest BCUT2D eigenvalue weighted by Crippen LogP contribution is -2.31. The highest BCUT2D eigenvalue weighted by Crippen LogP contribution is 2.33. The van der Waals surface area contributed by atoms with Crippen LogP contribution in [0.5, 0.6) is 11.5 Å². The monoisotopic (exact) mass is 440 g/mol. The van der Waals surface area contributed by atoms with Gasteiger partial charge in [-0.2, -0.15) is 0 Å². The minimum absolute atomic E-state index is 0.0245. The largest absolute Gasteiger partial charge is 0.486 e. The molecular formula is C23H24N2O7. The molecule has 1 aromatic carbocycles. The number of hydrogen-bond donors (Lipinski definition) is 0. The van der Waals surface area contributed by atoms with Crippen molar-refractivity contribution in [1.29, 1.82) is 0 Å². The van der Waals surface area contributed by atoms with Crippen LogP contribution in [0, 0.1) is 13.8 Å². The Morgan fingerprint density at radius 2 is 1.69 bits per heavy atom. The van der Waals surface area contributed by atoms with E-state index >= 15 is 0 Å². The van der Waals surface area contributed by atoms with Crippen molar-refractivity contribution in [1.82, 2.24) is 9.47 Å². The molecule has 1 aromatic heterocycles. The number of carbonyl (C=O) groups excluding carboxylic acids is 4. The number of aromatic nitrogens is 1. The summed E-state index contributed by atoms with van der Waals surface area (Å²) in [6, 6.07) is 7.35. The molecule has 0 radical (unpaired) electrons. The van der Waals surface area contributed by atoms with Crippen LogP contribution >= 0.6 is 0 Å². The van der Waals surface area contributed by atoms with Crippen LogP contribution < -0.4 is 9.47 Å². The van der Waals surface area contributed by atoms with Gasteiger partial charge in [-0.25, -0.2) is 0 Å². The summed E-state index contributed by atoms with van der Waals surface area (Å²) < 4.78 is 18.2. The Labute approximate surface area is 184 Å². The van der Waals surface area contributed by atoms with E-state index in [9.17, 15) is 19.2 Å². The van der Waals surface area contributed by atoms with Crippen LogP contribution in [0.15, 0.2) is 24.3 Å². The van der Waals surface area contributed by atoms with Gasteiger partial charge in [-0.3, -0.25) is 24.1 Å². The Morgan fingerprint density at radius 3 is 2.41 bits per heavy atom. The van der Waals surface area contributed by atoms with Gasteiger partial charge in [0.2, 0.25) is 17.6 Å². The fourth-order valence-electron chi connectivity index (χ4n) is 3.98. The summed E-state index contributed by atoms with van der Waals surface area (Å²) in [7, 11) is 0. The molecule has 1 fully saturated rings. The molecular weight excluding hydrogens is 416 g/mol. The lowest BCUT2D eigenvalue weighted by molar-refractivity contribution is -0.144. The first kappa shape index (κ1) is 21.6. The number of likely N-dealkylation sites (tertiary alicyclic amines) is 1. The minimum Gasteiger partial charge on any atom is -0.486 e. The average molecular weight is 440 g/mol. The van der Waals surface area contributed by atoms with Gasteiger partial charge in [0, 0.05) is 48.1 Å². The Morgan fingerprint density at radius 1 is 1.00 bits per heavy atom. The maximum absolute atomic E-state index is 12.7. The molecule has 2 aliphatic rings. The van der Waals surface area contributed by atoms with Gasteiger partial charge in [0.25, 0.3) is 0 Å². The minimum atomic E-state index is -0.633. The SMILES string of the molecule is Cc1cc(C(=O)COC(=O)CCN2C(=O)CCC2=O)c(C)n1-c1ccc2c(c1)OCCO2. The van der Waals surface area contributed by atoms with Gasteiger partial charge < -0.3 is 18.8 Å². The summed E-state index contributed by atoms with van der Waals surface area (Å²) in [5.41, 5.74) is 2.85. The molecule has 4 rings (SSSR count). The Hall–Kier alpha value is -3.62. The van der Waals surface area contributed by atoms with E-state index in [1.54, 1.807) is 6.07 Å². The molecule has 168 valence electrons. The number of imide groups is 1. The van der Waals surface area contributed by atoms with Crippen molar-refractivity contribution in [2.75, 3.05) is 26.4 Å². The molecule has 0 unspecified atom stereocenters. The lowest BCUT2D eigenvalue weighted by Gasteiger charge is -2.20. The second-order valence-electron chi connectivity index (χ2n) is 7.72. The standard InChI is InChI=1S/C23H24N2O7/c1-14-11-17(15(2)25(14)16-3-4-19-20(12-16)31-10-9-30-19)18(26)13-32-23(29)7-8-24-21(27)5-6-22(24)28/h3-4,11-12H,5-10,13H2,1-2H3. The number of nitrogens with zero attached hydrogens (tertiary/aromatic N) is 2. The second-order valence-corrected chi connectivity index (χ2v) is 7.72. The van der Waals surface area contributed by atoms with E-state index in [4.69, 9.17) is 14.2 Å². The summed E-state index contributed by atoms with van der Waals surface area (Å²) in [5, 5.41) is 0. The zero-order chi connectivity index (χ0) is 22.8. The van der Waals surface area contributed by atoms with Crippen molar-refractivity contribution in [3.8, 4) is 17.2 Å². The van der Waals surface area contributed by atoms with Crippen molar-refractivity contribution in [2.24, 2.45) is 0 Å². The second kappa shape index (κ2) is 8.86. The van der Waals surface area contributed by atoms with Gasteiger partial charge >= 0.3 is 5.97 Å². The van der Waals surface area contributed by atoms with Crippen molar-refractivity contribution >= 4 is 23.6 Å². The van der Waals surface area contributed by atoms with Gasteiger partial charge in [-0.15, -0.1) is 0 Å². The average Bonchev–Trinajstić information content (AvgIpc) is 3.27. The first-order chi connectivity index (χ1) is 15.3. The van der Waals surface area contributed by atoms with E-state index in [-0.39, 0.29) is 43.4 Å². The summed E-state index contributed by atoms with van der Waals surface area (Å²) in [4.78, 5) is 49.0. The summed E-state index contributed by atoms with van der Waals surface area (Å²) in [6.45, 7) is 4.26. The fraction of sp³-hybridized carbons (Fsp3) is 0.391. The van der Waals surface area contributed by atoms with Crippen LogP contribution in [0.2, 0.25) is 0 Å². The van der Waals surface area contributed by atoms with Crippen LogP contribution in [0.3, 0.4) is 0 Å². The number of amides is 2. The van der Waals surface area contributed by atoms with Gasteiger partial charge in [0.05, 0.1) is 6.42 Å². The number of ketones is 1. The van der Waals surface area contributed by atoms with Crippen LogP contribution in [0.25, 0.3) is 5.69 Å². The molecule has 0 N–H and O–H groups in total. The molecule has 32 heavy (non-hydrogen) atoms. The fourth-order valence-corrected chi connectivity index (χ4v) is 3.98. The quantitative estimate of drug-likeness (QED) is 0.369. The lowest BCUT2D eigenvalue weighted by atomic mass is 10.1. The van der Waals surface area contributed by atoms with Gasteiger partial charge in [0.1, 0.15) is 13.2 Å². The van der Waals surface area contributed by atoms with E-state index in [0.29, 0.717) is 36.0 Å².